The summed E-state index contributed by atoms with van der Waals surface area (Å²) in [6, 6.07) is 2.27. The van der Waals surface area contributed by atoms with Crippen LogP contribution < -0.4 is 10.6 Å². The van der Waals surface area contributed by atoms with Gasteiger partial charge in [0.1, 0.15) is 0 Å². The molecule has 1 spiro atoms. The van der Waals surface area contributed by atoms with Crippen LogP contribution >= 0.6 is 11.3 Å². The number of thiophene rings is 1. The number of guanidine groups is 1. The highest BCUT2D eigenvalue weighted by atomic mass is 32.1. The second-order valence-corrected chi connectivity index (χ2v) is 8.85. The van der Waals surface area contributed by atoms with E-state index in [0.29, 0.717) is 6.42 Å². The lowest BCUT2D eigenvalue weighted by Crippen LogP contribution is -2.52. The van der Waals surface area contributed by atoms with Crippen LogP contribution in [0.1, 0.15) is 29.7 Å². The van der Waals surface area contributed by atoms with Gasteiger partial charge in [-0.25, -0.2) is 0 Å². The summed E-state index contributed by atoms with van der Waals surface area (Å²) in [6.45, 7) is 6.93. The first-order valence-electron chi connectivity index (χ1n) is 9.67. The van der Waals surface area contributed by atoms with Gasteiger partial charge in [-0.3, -0.25) is 14.7 Å². The Balaban J connectivity index is 1.28. The molecular weight excluding hydrogens is 346 g/mol. The van der Waals surface area contributed by atoms with Gasteiger partial charge >= 0.3 is 0 Å². The number of carbonyl (C=O) groups excluding carboxylic acids is 1. The summed E-state index contributed by atoms with van der Waals surface area (Å²) in [4.78, 5) is 22.6. The van der Waals surface area contributed by atoms with Crippen LogP contribution in [0, 0.1) is 5.41 Å². The van der Waals surface area contributed by atoms with E-state index in [1.54, 1.807) is 4.88 Å². The van der Waals surface area contributed by atoms with Crippen LogP contribution in [0.25, 0.3) is 0 Å². The Hall–Kier alpha value is -1.60. The van der Waals surface area contributed by atoms with Crippen molar-refractivity contribution in [1.82, 2.24) is 20.4 Å². The molecule has 26 heavy (non-hydrogen) atoms. The molecule has 1 atom stereocenters. The highest BCUT2D eigenvalue weighted by Gasteiger charge is 2.42. The number of hydrogen-bond donors (Lipinski definition) is 2. The van der Waals surface area contributed by atoms with Crippen molar-refractivity contribution in [3.05, 3.63) is 21.9 Å². The number of piperidine rings is 1. The van der Waals surface area contributed by atoms with Crippen molar-refractivity contribution in [3.8, 4) is 0 Å². The summed E-state index contributed by atoms with van der Waals surface area (Å²) in [5.41, 5.74) is 1.61. The molecule has 2 fully saturated rings. The molecule has 1 aromatic heterocycles. The van der Waals surface area contributed by atoms with Crippen molar-refractivity contribution < 1.29 is 4.79 Å². The third-order valence-corrected chi connectivity index (χ3v) is 6.99. The van der Waals surface area contributed by atoms with Gasteiger partial charge in [-0.05, 0) is 36.3 Å². The number of nitrogens with zero attached hydrogens (tertiary/aromatic N) is 3. The number of rotatable bonds is 3. The number of fused-ring (bicyclic) bond motifs is 1. The number of amides is 1. The lowest BCUT2D eigenvalue weighted by atomic mass is 9.79. The zero-order chi connectivity index (χ0) is 18.0. The van der Waals surface area contributed by atoms with Crippen molar-refractivity contribution in [2.24, 2.45) is 10.4 Å². The lowest BCUT2D eigenvalue weighted by molar-refractivity contribution is -0.119. The molecule has 4 heterocycles. The Kier molecular flexibility index (Phi) is 5.18. The van der Waals surface area contributed by atoms with Crippen LogP contribution in [0.3, 0.4) is 0 Å². The predicted octanol–water partition coefficient (Wildman–Crippen LogP) is 1.28. The molecule has 142 valence electrons. The van der Waals surface area contributed by atoms with Gasteiger partial charge in [0.05, 0.1) is 0 Å². The minimum atomic E-state index is 0.106. The maximum absolute atomic E-state index is 11.7. The highest BCUT2D eigenvalue weighted by molar-refractivity contribution is 7.10. The second-order valence-electron chi connectivity index (χ2n) is 7.85. The molecule has 0 saturated carbocycles. The number of hydrogen-bond acceptors (Lipinski definition) is 4. The fourth-order valence-electron chi connectivity index (χ4n) is 4.58. The number of carbonyl (C=O) groups is 1. The molecule has 0 aromatic carbocycles. The van der Waals surface area contributed by atoms with Gasteiger partial charge in [-0.15, -0.1) is 11.3 Å². The molecule has 0 aliphatic carbocycles. The molecule has 1 amide bonds. The Bertz CT molecular complexity index is 687. The monoisotopic (exact) mass is 375 g/mol. The number of likely N-dealkylation sites (tertiary alicyclic amines) is 1. The zero-order valence-electron chi connectivity index (χ0n) is 15.6. The Morgan fingerprint density at radius 1 is 1.46 bits per heavy atom. The summed E-state index contributed by atoms with van der Waals surface area (Å²) in [5.74, 6) is 1.18. The normalized spacial score (nSPS) is 26.9. The smallest absolute Gasteiger partial charge is 0.220 e. The summed E-state index contributed by atoms with van der Waals surface area (Å²) >= 11 is 1.89. The quantitative estimate of drug-likeness (QED) is 0.617. The molecule has 0 radical (unpaired) electrons. The number of aliphatic imine (C=N–C) groups is 1. The fourth-order valence-corrected chi connectivity index (χ4v) is 5.47. The average Bonchev–Trinajstić information content (AvgIpc) is 3.25. The van der Waals surface area contributed by atoms with E-state index in [2.05, 4.69) is 36.9 Å². The molecule has 0 bridgehead atoms. The van der Waals surface area contributed by atoms with Crippen molar-refractivity contribution in [2.45, 2.75) is 32.2 Å². The second kappa shape index (κ2) is 7.56. The zero-order valence-corrected chi connectivity index (χ0v) is 16.4. The molecule has 7 heteroatoms. The molecule has 2 saturated heterocycles. The van der Waals surface area contributed by atoms with E-state index in [1.807, 2.05) is 18.4 Å². The molecule has 3 aliphatic heterocycles. The minimum Gasteiger partial charge on any atom is -0.355 e. The van der Waals surface area contributed by atoms with E-state index in [4.69, 9.17) is 0 Å². The van der Waals surface area contributed by atoms with Crippen molar-refractivity contribution in [1.29, 1.82) is 0 Å². The van der Waals surface area contributed by atoms with Crippen LogP contribution in [-0.2, 0) is 17.8 Å². The molecular formula is C19H29N5OS. The molecule has 2 N–H and O–H groups in total. The maximum Gasteiger partial charge on any atom is 0.220 e. The van der Waals surface area contributed by atoms with Gasteiger partial charge in [-0.2, -0.15) is 0 Å². The first-order chi connectivity index (χ1) is 12.7. The summed E-state index contributed by atoms with van der Waals surface area (Å²) in [7, 11) is 1.86. The van der Waals surface area contributed by atoms with Crippen LogP contribution in [0.2, 0.25) is 0 Å². The van der Waals surface area contributed by atoms with E-state index in [-0.39, 0.29) is 11.3 Å². The lowest BCUT2D eigenvalue weighted by Gasteiger charge is -2.41. The Labute approximate surface area is 159 Å². The SMILES string of the molecule is CN=C(NCCN1CCc2sccc2C1)N1CCCC2(CNC(=O)C2)C1. The molecule has 3 aliphatic rings. The van der Waals surface area contributed by atoms with Gasteiger partial charge in [0, 0.05) is 69.6 Å². The van der Waals surface area contributed by atoms with Crippen molar-refractivity contribution >= 4 is 23.2 Å². The summed E-state index contributed by atoms with van der Waals surface area (Å²) < 4.78 is 0. The summed E-state index contributed by atoms with van der Waals surface area (Å²) in [5, 5.41) is 8.78. The molecule has 6 nitrogen and oxygen atoms in total. The third-order valence-electron chi connectivity index (χ3n) is 5.97. The van der Waals surface area contributed by atoms with Gasteiger partial charge in [0.25, 0.3) is 0 Å². The van der Waals surface area contributed by atoms with Crippen LogP contribution in [0.15, 0.2) is 16.4 Å². The van der Waals surface area contributed by atoms with E-state index in [0.717, 1.165) is 64.6 Å². The van der Waals surface area contributed by atoms with Crippen molar-refractivity contribution in [3.63, 3.8) is 0 Å². The van der Waals surface area contributed by atoms with Crippen LogP contribution in [0.4, 0.5) is 0 Å². The van der Waals surface area contributed by atoms with E-state index < -0.39 is 0 Å². The fraction of sp³-hybridized carbons (Fsp3) is 0.684. The highest BCUT2D eigenvalue weighted by Crippen LogP contribution is 2.36. The topological polar surface area (TPSA) is 60.0 Å². The van der Waals surface area contributed by atoms with Crippen LogP contribution in [0.5, 0.6) is 0 Å². The molecule has 1 aromatic rings. The third kappa shape index (κ3) is 3.74. The van der Waals surface area contributed by atoms with E-state index in [1.165, 1.54) is 12.0 Å². The minimum absolute atomic E-state index is 0.106. The summed E-state index contributed by atoms with van der Waals surface area (Å²) in [6.07, 6.45) is 4.10. The van der Waals surface area contributed by atoms with E-state index >= 15 is 0 Å². The first-order valence-corrected chi connectivity index (χ1v) is 10.6. The van der Waals surface area contributed by atoms with Crippen molar-refractivity contribution in [2.75, 3.05) is 46.3 Å². The average molecular weight is 376 g/mol. The largest absolute Gasteiger partial charge is 0.355 e. The van der Waals surface area contributed by atoms with E-state index in [9.17, 15) is 4.79 Å². The maximum atomic E-state index is 11.7. The molecule has 4 rings (SSSR count). The van der Waals surface area contributed by atoms with Gasteiger partial charge < -0.3 is 15.5 Å². The Morgan fingerprint density at radius 3 is 3.19 bits per heavy atom. The standard InChI is InChI=1S/C19H29N5OS/c1-20-18(24-7-2-5-19(14-24)11-17(25)22-13-19)21-6-9-23-8-3-16-15(12-23)4-10-26-16/h4,10H,2-3,5-9,11-14H2,1H3,(H,20,21)(H,22,25). The van der Waals surface area contributed by atoms with Gasteiger partial charge in [-0.1, -0.05) is 0 Å². The predicted molar refractivity (Wildman–Crippen MR) is 106 cm³/mol. The van der Waals surface area contributed by atoms with Gasteiger partial charge in [0.2, 0.25) is 5.91 Å². The van der Waals surface area contributed by atoms with Gasteiger partial charge in [0.15, 0.2) is 5.96 Å². The first kappa shape index (κ1) is 17.8. The van der Waals surface area contributed by atoms with Crippen LogP contribution in [-0.4, -0.2) is 68.0 Å². The molecule has 1 unspecified atom stereocenters. The Morgan fingerprint density at radius 2 is 2.38 bits per heavy atom. The number of nitrogens with one attached hydrogen (secondary N) is 2.